The van der Waals surface area contributed by atoms with Crippen molar-refractivity contribution in [1.29, 1.82) is 0 Å². The number of nitrogens with zero attached hydrogens (tertiary/aromatic N) is 2. The zero-order valence-corrected chi connectivity index (χ0v) is 14.3. The fraction of sp³-hybridized carbons (Fsp3) is 0.611. The van der Waals surface area contributed by atoms with Gasteiger partial charge < -0.3 is 14.4 Å². The average Bonchev–Trinajstić information content (AvgIpc) is 2.92. The first kappa shape index (κ1) is 17.3. The smallest absolute Gasteiger partial charge is 0.236 e. The minimum Gasteiger partial charge on any atom is -0.347 e. The average molecular weight is 336 g/mol. The maximum absolute atomic E-state index is 12.9. The van der Waals surface area contributed by atoms with Crippen LogP contribution in [-0.2, 0) is 20.8 Å². The predicted octanol–water partition coefficient (Wildman–Crippen LogP) is 2.01. The maximum Gasteiger partial charge on any atom is 0.236 e. The van der Waals surface area contributed by atoms with Crippen molar-refractivity contribution >= 4 is 5.91 Å². The number of carbonyl (C=O) groups is 1. The third-order valence-electron chi connectivity index (χ3n) is 4.73. The Bertz CT molecular complexity index is 570. The highest BCUT2D eigenvalue weighted by Crippen LogP contribution is 2.33. The summed E-state index contributed by atoms with van der Waals surface area (Å²) in [7, 11) is 1.78. The number of rotatable bonds is 4. The lowest BCUT2D eigenvalue weighted by Crippen LogP contribution is -2.48. The second kappa shape index (κ2) is 7.17. The second-order valence-corrected chi connectivity index (χ2v) is 6.80. The molecule has 2 saturated heterocycles. The summed E-state index contributed by atoms with van der Waals surface area (Å²) in [5.74, 6) is -0.628. The van der Waals surface area contributed by atoms with Crippen molar-refractivity contribution in [1.82, 2.24) is 9.80 Å². The van der Waals surface area contributed by atoms with Crippen LogP contribution in [0, 0.1) is 5.82 Å². The monoisotopic (exact) mass is 336 g/mol. The molecular formula is C18H25FN2O3. The van der Waals surface area contributed by atoms with Crippen molar-refractivity contribution in [3.05, 3.63) is 35.6 Å². The third-order valence-corrected chi connectivity index (χ3v) is 4.73. The van der Waals surface area contributed by atoms with Crippen molar-refractivity contribution in [2.24, 2.45) is 0 Å². The Kier molecular flexibility index (Phi) is 5.18. The number of benzene rings is 1. The van der Waals surface area contributed by atoms with Crippen LogP contribution in [0.3, 0.4) is 0 Å². The van der Waals surface area contributed by atoms with E-state index in [4.69, 9.17) is 9.47 Å². The summed E-state index contributed by atoms with van der Waals surface area (Å²) >= 11 is 0. The molecule has 0 saturated carbocycles. The topological polar surface area (TPSA) is 42.0 Å². The van der Waals surface area contributed by atoms with Crippen LogP contribution in [0.15, 0.2) is 24.3 Å². The Labute approximate surface area is 142 Å². The van der Waals surface area contributed by atoms with E-state index in [1.165, 1.54) is 12.1 Å². The molecule has 2 fully saturated rings. The summed E-state index contributed by atoms with van der Waals surface area (Å²) in [6.45, 7) is 5.14. The molecule has 2 aliphatic heterocycles. The standard InChI is InChI=1S/C18H25FN2O3/c1-14-13-23-18(24-14)7-9-21(10-8-18)12-17(22)20(2)11-15-3-5-16(19)6-4-15/h3-6,14H,7-13H2,1-2H3/t14-/m1/s1. The highest BCUT2D eigenvalue weighted by molar-refractivity contribution is 5.78. The quantitative estimate of drug-likeness (QED) is 0.844. The van der Waals surface area contributed by atoms with E-state index in [2.05, 4.69) is 4.90 Å². The number of ether oxygens (including phenoxy) is 2. The first-order valence-corrected chi connectivity index (χ1v) is 8.48. The molecule has 1 aromatic rings. The minimum absolute atomic E-state index is 0.0666. The van der Waals surface area contributed by atoms with Gasteiger partial charge in [-0.25, -0.2) is 4.39 Å². The van der Waals surface area contributed by atoms with E-state index >= 15 is 0 Å². The molecule has 3 rings (SSSR count). The van der Waals surface area contributed by atoms with Crippen molar-refractivity contribution in [2.75, 3.05) is 33.3 Å². The van der Waals surface area contributed by atoms with Crippen LogP contribution in [0.4, 0.5) is 4.39 Å². The van der Waals surface area contributed by atoms with Crippen LogP contribution in [0.5, 0.6) is 0 Å². The summed E-state index contributed by atoms with van der Waals surface area (Å²) in [5, 5.41) is 0. The second-order valence-electron chi connectivity index (χ2n) is 6.80. The van der Waals surface area contributed by atoms with Crippen LogP contribution in [0.2, 0.25) is 0 Å². The Hall–Kier alpha value is -1.50. The molecule has 0 aromatic heterocycles. The van der Waals surface area contributed by atoms with E-state index in [-0.39, 0.29) is 17.8 Å². The largest absolute Gasteiger partial charge is 0.347 e. The summed E-state index contributed by atoms with van der Waals surface area (Å²) in [6, 6.07) is 6.25. The molecule has 5 nitrogen and oxygen atoms in total. The van der Waals surface area contributed by atoms with Gasteiger partial charge in [0.05, 0.1) is 19.3 Å². The van der Waals surface area contributed by atoms with E-state index < -0.39 is 5.79 Å². The molecule has 1 aromatic carbocycles. The Morgan fingerprint density at radius 1 is 1.33 bits per heavy atom. The van der Waals surface area contributed by atoms with E-state index in [9.17, 15) is 9.18 Å². The molecule has 0 radical (unpaired) electrons. The van der Waals surface area contributed by atoms with Crippen LogP contribution >= 0.6 is 0 Å². The number of likely N-dealkylation sites (N-methyl/N-ethyl adjacent to an activating group) is 1. The molecule has 0 aliphatic carbocycles. The van der Waals surface area contributed by atoms with Crippen molar-refractivity contribution in [2.45, 2.75) is 38.2 Å². The Morgan fingerprint density at radius 3 is 2.58 bits per heavy atom. The Morgan fingerprint density at radius 2 is 2.00 bits per heavy atom. The molecular weight excluding hydrogens is 311 g/mol. The number of halogens is 1. The van der Waals surface area contributed by atoms with Crippen molar-refractivity contribution in [3.63, 3.8) is 0 Å². The van der Waals surface area contributed by atoms with Gasteiger partial charge in [-0.15, -0.1) is 0 Å². The molecule has 24 heavy (non-hydrogen) atoms. The van der Waals surface area contributed by atoms with Gasteiger partial charge in [-0.3, -0.25) is 9.69 Å². The molecule has 2 heterocycles. The highest BCUT2D eigenvalue weighted by atomic mass is 19.1. The van der Waals surface area contributed by atoms with Gasteiger partial charge in [0.15, 0.2) is 5.79 Å². The molecule has 1 atom stereocenters. The fourth-order valence-electron chi connectivity index (χ4n) is 3.28. The highest BCUT2D eigenvalue weighted by Gasteiger charge is 2.42. The lowest BCUT2D eigenvalue weighted by Gasteiger charge is -2.38. The molecule has 1 spiro atoms. The number of carbonyl (C=O) groups excluding carboxylic acids is 1. The Balaban J connectivity index is 1.46. The molecule has 1 amide bonds. The summed E-state index contributed by atoms with van der Waals surface area (Å²) in [6.07, 6.45) is 1.75. The lowest BCUT2D eigenvalue weighted by molar-refractivity contribution is -0.194. The van der Waals surface area contributed by atoms with Crippen LogP contribution < -0.4 is 0 Å². The van der Waals surface area contributed by atoms with Gasteiger partial charge in [0.1, 0.15) is 5.82 Å². The lowest BCUT2D eigenvalue weighted by atomic mass is 10.0. The fourth-order valence-corrected chi connectivity index (χ4v) is 3.28. The molecule has 0 unspecified atom stereocenters. The van der Waals surface area contributed by atoms with Crippen molar-refractivity contribution in [3.8, 4) is 0 Å². The zero-order chi connectivity index (χ0) is 17.2. The third kappa shape index (κ3) is 4.12. The van der Waals surface area contributed by atoms with Gasteiger partial charge in [-0.05, 0) is 24.6 Å². The zero-order valence-electron chi connectivity index (χ0n) is 14.3. The van der Waals surface area contributed by atoms with Gasteiger partial charge in [0.2, 0.25) is 5.91 Å². The minimum atomic E-state index is -0.432. The number of hydrogen-bond donors (Lipinski definition) is 0. The SMILES string of the molecule is C[C@@H]1COC2(CCN(CC(=O)N(C)Cc3ccc(F)cc3)CC2)O1. The summed E-state index contributed by atoms with van der Waals surface area (Å²) in [4.78, 5) is 16.2. The van der Waals surface area contributed by atoms with Gasteiger partial charge in [-0.1, -0.05) is 12.1 Å². The van der Waals surface area contributed by atoms with Crippen molar-refractivity contribution < 1.29 is 18.7 Å². The summed E-state index contributed by atoms with van der Waals surface area (Å²) in [5.41, 5.74) is 0.923. The van der Waals surface area contributed by atoms with E-state index in [0.717, 1.165) is 31.5 Å². The van der Waals surface area contributed by atoms with Gasteiger partial charge in [-0.2, -0.15) is 0 Å². The molecule has 0 N–H and O–H groups in total. The van der Waals surface area contributed by atoms with Crippen LogP contribution in [0.25, 0.3) is 0 Å². The van der Waals surface area contributed by atoms with Gasteiger partial charge >= 0.3 is 0 Å². The molecule has 6 heteroatoms. The molecule has 0 bridgehead atoms. The number of hydrogen-bond acceptors (Lipinski definition) is 4. The van der Waals surface area contributed by atoms with E-state index in [1.54, 1.807) is 24.1 Å². The summed E-state index contributed by atoms with van der Waals surface area (Å²) < 4.78 is 24.6. The number of likely N-dealkylation sites (tertiary alicyclic amines) is 1. The predicted molar refractivity (Wildman–Crippen MR) is 87.8 cm³/mol. The van der Waals surface area contributed by atoms with Crippen LogP contribution in [0.1, 0.15) is 25.3 Å². The first-order chi connectivity index (χ1) is 11.5. The molecule has 2 aliphatic rings. The van der Waals surface area contributed by atoms with Gasteiger partial charge in [0, 0.05) is 39.5 Å². The van der Waals surface area contributed by atoms with Gasteiger partial charge in [0.25, 0.3) is 0 Å². The normalized spacial score (nSPS) is 23.5. The number of piperidine rings is 1. The first-order valence-electron chi connectivity index (χ1n) is 8.48. The van der Waals surface area contributed by atoms with Crippen LogP contribution in [-0.4, -0.2) is 60.9 Å². The molecule has 132 valence electrons. The van der Waals surface area contributed by atoms with E-state index in [1.807, 2.05) is 6.92 Å². The van der Waals surface area contributed by atoms with E-state index in [0.29, 0.717) is 19.7 Å². The number of amides is 1. The maximum atomic E-state index is 12.9.